The molecule has 0 amide bonds. The Hall–Kier alpha value is -2.87. The van der Waals surface area contributed by atoms with Crippen molar-refractivity contribution < 1.29 is 4.57 Å². The molecule has 1 aliphatic heterocycles. The largest absolute Gasteiger partial charge is 0.341 e. The number of fused-ring (bicyclic) bond motifs is 2. The predicted octanol–water partition coefficient (Wildman–Crippen LogP) is 5.18. The molecule has 0 saturated heterocycles. The molecule has 26 heavy (non-hydrogen) atoms. The Balaban J connectivity index is 1.83. The number of aryl methyl sites for hydroxylation is 3. The number of anilines is 1. The van der Waals surface area contributed by atoms with Crippen LogP contribution in [0.25, 0.3) is 23.1 Å². The number of pyridine rings is 1. The molecule has 2 heterocycles. The Kier molecular flexibility index (Phi) is 4.12. The zero-order chi connectivity index (χ0) is 18.3. The first-order valence-corrected chi connectivity index (χ1v) is 9.24. The number of hydrogen-bond acceptors (Lipinski definition) is 1. The number of allylic oxidation sites excluding steroid dienone is 1. The lowest BCUT2D eigenvalue weighted by Crippen LogP contribution is -2.33. The highest BCUT2D eigenvalue weighted by atomic mass is 15.1. The monoisotopic (exact) mass is 341 g/mol. The van der Waals surface area contributed by atoms with E-state index in [1.165, 1.54) is 44.7 Å². The molecule has 0 radical (unpaired) electrons. The second kappa shape index (κ2) is 6.45. The van der Waals surface area contributed by atoms with E-state index < -0.39 is 0 Å². The van der Waals surface area contributed by atoms with E-state index in [1.54, 1.807) is 0 Å². The molecule has 130 valence electrons. The van der Waals surface area contributed by atoms with E-state index in [9.17, 15) is 0 Å². The molecule has 2 heteroatoms. The summed E-state index contributed by atoms with van der Waals surface area (Å²) in [7, 11) is 2.15. The summed E-state index contributed by atoms with van der Waals surface area (Å²) in [5.41, 5.74) is 8.86. The number of benzene rings is 2. The van der Waals surface area contributed by atoms with Gasteiger partial charge in [0, 0.05) is 41.5 Å². The van der Waals surface area contributed by atoms with Crippen molar-refractivity contribution in [2.24, 2.45) is 7.05 Å². The van der Waals surface area contributed by atoms with Crippen LogP contribution in [0.4, 0.5) is 5.69 Å². The van der Waals surface area contributed by atoms with Crippen LogP contribution in [0.2, 0.25) is 0 Å². The number of nitrogens with zero attached hydrogens (tertiary/aromatic N) is 2. The van der Waals surface area contributed by atoms with Crippen LogP contribution < -0.4 is 9.47 Å². The van der Waals surface area contributed by atoms with Crippen LogP contribution in [0.3, 0.4) is 0 Å². The highest BCUT2D eigenvalue weighted by Gasteiger charge is 2.18. The molecule has 2 nitrogen and oxygen atoms in total. The highest BCUT2D eigenvalue weighted by molar-refractivity contribution is 5.81. The summed E-state index contributed by atoms with van der Waals surface area (Å²) in [4.78, 5) is 2.39. The van der Waals surface area contributed by atoms with Gasteiger partial charge in [0.2, 0.25) is 11.2 Å². The molecule has 0 bridgehead atoms. The van der Waals surface area contributed by atoms with Gasteiger partial charge >= 0.3 is 0 Å². The van der Waals surface area contributed by atoms with E-state index in [4.69, 9.17) is 0 Å². The van der Waals surface area contributed by atoms with Crippen molar-refractivity contribution in [3.8, 4) is 0 Å². The molecular weight excluding hydrogens is 316 g/mol. The Bertz CT molecular complexity index is 1060. The fraction of sp³-hybridized carbons (Fsp3) is 0.208. The van der Waals surface area contributed by atoms with Gasteiger partial charge in [0.25, 0.3) is 0 Å². The predicted molar refractivity (Wildman–Crippen MR) is 111 cm³/mol. The van der Waals surface area contributed by atoms with Crippen molar-refractivity contribution in [3.63, 3.8) is 0 Å². The van der Waals surface area contributed by atoms with E-state index in [2.05, 4.69) is 104 Å². The Morgan fingerprint density at radius 3 is 2.46 bits per heavy atom. The molecule has 0 N–H and O–H groups in total. The highest BCUT2D eigenvalue weighted by Crippen LogP contribution is 2.32. The minimum Gasteiger partial charge on any atom is -0.341 e. The minimum absolute atomic E-state index is 0.947. The van der Waals surface area contributed by atoms with Gasteiger partial charge in [0.15, 0.2) is 0 Å². The van der Waals surface area contributed by atoms with Gasteiger partial charge in [0.1, 0.15) is 7.05 Å². The van der Waals surface area contributed by atoms with Gasteiger partial charge in [-0.1, -0.05) is 24.3 Å². The standard InChI is InChI=1S/C24H25N2/c1-5-26-22(13-11-20-9-7-18(3)15-24(20)26)16-21-12-10-19-8-6-17(2)14-23(19)25(21)4/h6-16H,5H2,1-4H3/q+1. The molecular formula is C24H25N2+. The van der Waals surface area contributed by atoms with Gasteiger partial charge in [0.05, 0.1) is 0 Å². The molecule has 0 fully saturated rings. The van der Waals surface area contributed by atoms with Crippen molar-refractivity contribution in [1.29, 1.82) is 0 Å². The fourth-order valence-electron chi connectivity index (χ4n) is 3.72. The first kappa shape index (κ1) is 16.6. The number of likely N-dealkylation sites (N-methyl/N-ethyl adjacent to an activating group) is 1. The molecule has 0 atom stereocenters. The minimum atomic E-state index is 0.947. The van der Waals surface area contributed by atoms with Crippen molar-refractivity contribution >= 4 is 28.7 Å². The Labute approximate surface area is 155 Å². The third-order valence-corrected chi connectivity index (χ3v) is 5.20. The molecule has 3 aromatic rings. The van der Waals surface area contributed by atoms with Crippen molar-refractivity contribution in [2.45, 2.75) is 20.8 Å². The molecule has 0 spiro atoms. The lowest BCUT2D eigenvalue weighted by atomic mass is 10.0. The van der Waals surface area contributed by atoms with E-state index in [0.717, 1.165) is 6.54 Å². The molecule has 2 aromatic carbocycles. The third kappa shape index (κ3) is 2.82. The smallest absolute Gasteiger partial charge is 0.212 e. The third-order valence-electron chi connectivity index (χ3n) is 5.20. The van der Waals surface area contributed by atoms with Gasteiger partial charge in [-0.05, 0) is 61.7 Å². The first-order valence-electron chi connectivity index (χ1n) is 9.24. The van der Waals surface area contributed by atoms with Crippen LogP contribution in [0.5, 0.6) is 0 Å². The van der Waals surface area contributed by atoms with Gasteiger partial charge in [-0.3, -0.25) is 0 Å². The van der Waals surface area contributed by atoms with Crippen LogP contribution in [-0.4, -0.2) is 6.54 Å². The summed E-state index contributed by atoms with van der Waals surface area (Å²) in [5, 5.41) is 1.27. The summed E-state index contributed by atoms with van der Waals surface area (Å²) in [6.45, 7) is 7.46. The second-order valence-corrected chi connectivity index (χ2v) is 7.09. The zero-order valence-electron chi connectivity index (χ0n) is 16.0. The molecule has 0 saturated carbocycles. The van der Waals surface area contributed by atoms with E-state index in [1.807, 2.05) is 0 Å². The van der Waals surface area contributed by atoms with Gasteiger partial charge < -0.3 is 4.90 Å². The van der Waals surface area contributed by atoms with Crippen LogP contribution in [0, 0.1) is 13.8 Å². The lowest BCUT2D eigenvalue weighted by molar-refractivity contribution is -0.646. The maximum absolute atomic E-state index is 2.39. The number of rotatable bonds is 2. The summed E-state index contributed by atoms with van der Waals surface area (Å²) in [6.07, 6.45) is 6.73. The average molecular weight is 341 g/mol. The van der Waals surface area contributed by atoms with Gasteiger partial charge in [-0.15, -0.1) is 0 Å². The maximum atomic E-state index is 2.39. The van der Waals surface area contributed by atoms with Crippen molar-refractivity contribution in [1.82, 2.24) is 0 Å². The summed E-state index contributed by atoms with van der Waals surface area (Å²) < 4.78 is 2.28. The quantitative estimate of drug-likeness (QED) is 0.583. The molecule has 4 rings (SSSR count). The number of aromatic nitrogens is 1. The van der Waals surface area contributed by atoms with Gasteiger partial charge in [-0.25, -0.2) is 0 Å². The van der Waals surface area contributed by atoms with Crippen molar-refractivity contribution in [3.05, 3.63) is 82.7 Å². The topological polar surface area (TPSA) is 7.12 Å². The summed E-state index contributed by atoms with van der Waals surface area (Å²) >= 11 is 0. The molecule has 1 aliphatic rings. The second-order valence-electron chi connectivity index (χ2n) is 7.09. The van der Waals surface area contributed by atoms with Crippen LogP contribution in [-0.2, 0) is 7.05 Å². The zero-order valence-corrected chi connectivity index (χ0v) is 16.0. The first-order chi connectivity index (χ1) is 12.6. The Morgan fingerprint density at radius 2 is 1.65 bits per heavy atom. The SMILES string of the molecule is CCN1/C(=C/c2ccc3ccc(C)cc3[n+]2C)C=Cc2ccc(C)cc21. The van der Waals surface area contributed by atoms with Crippen molar-refractivity contribution in [2.75, 3.05) is 11.4 Å². The summed E-state index contributed by atoms with van der Waals surface area (Å²) in [6, 6.07) is 17.7. The van der Waals surface area contributed by atoms with E-state index >= 15 is 0 Å². The molecule has 0 aliphatic carbocycles. The van der Waals surface area contributed by atoms with E-state index in [-0.39, 0.29) is 0 Å². The maximum Gasteiger partial charge on any atom is 0.212 e. The summed E-state index contributed by atoms with van der Waals surface area (Å²) in [5.74, 6) is 0. The lowest BCUT2D eigenvalue weighted by Gasteiger charge is -2.29. The fourth-order valence-corrected chi connectivity index (χ4v) is 3.72. The Morgan fingerprint density at radius 1 is 0.923 bits per heavy atom. The normalized spacial score (nSPS) is 14.9. The van der Waals surface area contributed by atoms with E-state index in [0.29, 0.717) is 0 Å². The average Bonchev–Trinajstić information content (AvgIpc) is 2.64. The van der Waals surface area contributed by atoms with Gasteiger partial charge in [-0.2, -0.15) is 4.57 Å². The van der Waals surface area contributed by atoms with Crippen LogP contribution in [0.15, 0.2) is 60.3 Å². The number of hydrogen-bond donors (Lipinski definition) is 0. The molecule has 0 unspecified atom stereocenters. The van der Waals surface area contributed by atoms with Crippen LogP contribution in [0.1, 0.15) is 29.3 Å². The van der Waals surface area contributed by atoms with Crippen LogP contribution >= 0.6 is 0 Å². The molecule has 1 aromatic heterocycles.